The molecule has 0 fully saturated rings. The first-order valence-corrected chi connectivity index (χ1v) is 6.14. The van der Waals surface area contributed by atoms with Crippen molar-refractivity contribution in [2.45, 2.75) is 25.8 Å². The molecule has 0 aromatic carbocycles. The summed E-state index contributed by atoms with van der Waals surface area (Å²) in [5, 5.41) is 13.6. The number of nitrogens with two attached hydrogens (primary N) is 1. The van der Waals surface area contributed by atoms with Crippen LogP contribution in [-0.4, -0.2) is 34.6 Å². The molecule has 0 bridgehead atoms. The number of rotatable bonds is 6. The molecule has 0 spiro atoms. The fourth-order valence-electron chi connectivity index (χ4n) is 1.22. The van der Waals surface area contributed by atoms with Crippen molar-refractivity contribution in [3.05, 3.63) is 16.1 Å². The quantitative estimate of drug-likeness (QED) is 0.677. The Morgan fingerprint density at radius 3 is 2.88 bits per heavy atom. The average Bonchev–Trinajstić information content (AvgIpc) is 2.74. The number of nitrogens with zero attached hydrogens (tertiary/aromatic N) is 1. The van der Waals surface area contributed by atoms with E-state index in [9.17, 15) is 9.59 Å². The van der Waals surface area contributed by atoms with Gasteiger partial charge in [-0.25, -0.2) is 9.78 Å². The van der Waals surface area contributed by atoms with Crippen molar-refractivity contribution in [3.63, 3.8) is 0 Å². The van der Waals surface area contributed by atoms with Crippen molar-refractivity contribution in [1.82, 2.24) is 10.3 Å². The second-order valence-electron chi connectivity index (χ2n) is 3.44. The zero-order valence-electron chi connectivity index (χ0n) is 9.47. The largest absolute Gasteiger partial charge is 0.480 e. The highest BCUT2D eigenvalue weighted by molar-refractivity contribution is 7.09. The van der Waals surface area contributed by atoms with Crippen LogP contribution in [0.3, 0.4) is 0 Å². The molecule has 1 heterocycles. The van der Waals surface area contributed by atoms with Gasteiger partial charge >= 0.3 is 5.97 Å². The van der Waals surface area contributed by atoms with Crippen LogP contribution in [0.15, 0.2) is 5.38 Å². The number of aromatic nitrogens is 1. The van der Waals surface area contributed by atoms with E-state index in [0.717, 1.165) is 5.01 Å². The summed E-state index contributed by atoms with van der Waals surface area (Å²) >= 11 is 1.35. The van der Waals surface area contributed by atoms with Crippen LogP contribution < -0.4 is 11.1 Å². The maximum Gasteiger partial charge on any atom is 0.326 e. The van der Waals surface area contributed by atoms with Crippen molar-refractivity contribution in [3.8, 4) is 0 Å². The van der Waals surface area contributed by atoms with E-state index < -0.39 is 17.9 Å². The minimum Gasteiger partial charge on any atom is -0.480 e. The lowest BCUT2D eigenvalue weighted by Gasteiger charge is -2.10. The molecule has 0 unspecified atom stereocenters. The molecule has 1 atom stereocenters. The highest BCUT2D eigenvalue weighted by Crippen LogP contribution is 2.10. The van der Waals surface area contributed by atoms with Crippen LogP contribution >= 0.6 is 11.3 Å². The van der Waals surface area contributed by atoms with Crippen LogP contribution in [0.4, 0.5) is 0 Å². The molecule has 1 aromatic heterocycles. The van der Waals surface area contributed by atoms with Crippen LogP contribution in [-0.2, 0) is 11.2 Å². The Morgan fingerprint density at radius 2 is 2.35 bits per heavy atom. The lowest BCUT2D eigenvalue weighted by molar-refractivity contribution is -0.139. The van der Waals surface area contributed by atoms with Gasteiger partial charge in [-0.15, -0.1) is 11.3 Å². The number of aliphatic carboxylic acids is 1. The Kier molecular flexibility index (Phi) is 5.05. The second kappa shape index (κ2) is 6.31. The summed E-state index contributed by atoms with van der Waals surface area (Å²) in [5.74, 6) is -1.50. The molecule has 4 N–H and O–H groups in total. The van der Waals surface area contributed by atoms with Crippen molar-refractivity contribution in [2.24, 2.45) is 5.73 Å². The summed E-state index contributed by atoms with van der Waals surface area (Å²) in [6, 6.07) is -0.873. The summed E-state index contributed by atoms with van der Waals surface area (Å²) < 4.78 is 0. The minimum absolute atomic E-state index is 0.248. The normalized spacial score (nSPS) is 12.1. The average molecular weight is 257 g/mol. The van der Waals surface area contributed by atoms with Crippen LogP contribution in [0.1, 0.15) is 28.8 Å². The summed E-state index contributed by atoms with van der Waals surface area (Å²) in [5.41, 5.74) is 5.62. The van der Waals surface area contributed by atoms with Gasteiger partial charge in [0.15, 0.2) is 0 Å². The molecule has 0 aliphatic heterocycles. The number of amides is 1. The molecule has 0 saturated carbocycles. The first-order valence-electron chi connectivity index (χ1n) is 5.26. The maximum absolute atomic E-state index is 11.7. The summed E-state index contributed by atoms with van der Waals surface area (Å²) in [6.07, 6.45) is 0.953. The second-order valence-corrected chi connectivity index (χ2v) is 4.38. The smallest absolute Gasteiger partial charge is 0.326 e. The first kappa shape index (κ1) is 13.6. The molecule has 17 heavy (non-hydrogen) atoms. The van der Waals surface area contributed by atoms with Gasteiger partial charge in [0.2, 0.25) is 0 Å². The Morgan fingerprint density at radius 1 is 1.65 bits per heavy atom. The molecule has 0 aliphatic rings. The van der Waals surface area contributed by atoms with E-state index in [2.05, 4.69) is 10.3 Å². The molecular weight excluding hydrogens is 242 g/mol. The SMILES string of the molecule is CC[C@H](NC(=O)c1csc(CCN)n1)C(=O)O. The molecule has 1 amide bonds. The van der Waals surface area contributed by atoms with Gasteiger partial charge in [-0.3, -0.25) is 4.79 Å². The number of carbonyl (C=O) groups excluding carboxylic acids is 1. The third kappa shape index (κ3) is 3.79. The van der Waals surface area contributed by atoms with E-state index >= 15 is 0 Å². The van der Waals surface area contributed by atoms with Crippen molar-refractivity contribution >= 4 is 23.2 Å². The number of carboxylic acids is 1. The number of carboxylic acid groups (broad SMARTS) is 1. The van der Waals surface area contributed by atoms with E-state index in [1.165, 1.54) is 11.3 Å². The van der Waals surface area contributed by atoms with Crippen LogP contribution in [0.25, 0.3) is 0 Å². The topological polar surface area (TPSA) is 105 Å². The number of nitrogens with one attached hydrogen (secondary N) is 1. The summed E-state index contributed by atoms with van der Waals surface area (Å²) in [4.78, 5) is 26.5. The van der Waals surface area contributed by atoms with Gasteiger partial charge in [-0.2, -0.15) is 0 Å². The van der Waals surface area contributed by atoms with Crippen LogP contribution in [0.5, 0.6) is 0 Å². The molecule has 1 aromatic rings. The Hall–Kier alpha value is -1.47. The zero-order valence-corrected chi connectivity index (χ0v) is 10.3. The highest BCUT2D eigenvalue weighted by atomic mass is 32.1. The van der Waals surface area contributed by atoms with E-state index in [1.54, 1.807) is 12.3 Å². The molecule has 6 nitrogen and oxygen atoms in total. The summed E-state index contributed by atoms with van der Waals surface area (Å²) in [6.45, 7) is 2.17. The Balaban J connectivity index is 2.65. The van der Waals surface area contributed by atoms with Crippen LogP contribution in [0, 0.1) is 0 Å². The van der Waals surface area contributed by atoms with Gasteiger partial charge in [-0.1, -0.05) is 6.92 Å². The lowest BCUT2D eigenvalue weighted by atomic mass is 10.2. The van der Waals surface area contributed by atoms with Crippen molar-refractivity contribution in [2.75, 3.05) is 6.54 Å². The molecule has 0 aliphatic carbocycles. The van der Waals surface area contributed by atoms with Gasteiger partial charge in [0.1, 0.15) is 11.7 Å². The molecule has 7 heteroatoms. The number of thiazole rings is 1. The first-order chi connectivity index (χ1) is 8.08. The molecule has 0 radical (unpaired) electrons. The Labute approximate surface area is 103 Å². The lowest BCUT2D eigenvalue weighted by Crippen LogP contribution is -2.40. The number of carbonyl (C=O) groups is 2. The van der Waals surface area contributed by atoms with Gasteiger partial charge < -0.3 is 16.2 Å². The van der Waals surface area contributed by atoms with Gasteiger partial charge in [-0.05, 0) is 13.0 Å². The Bertz CT molecular complexity index is 405. The van der Waals surface area contributed by atoms with E-state index in [0.29, 0.717) is 19.4 Å². The minimum atomic E-state index is -1.04. The molecule has 94 valence electrons. The third-order valence-corrected chi connectivity index (χ3v) is 3.06. The molecule has 0 saturated heterocycles. The monoisotopic (exact) mass is 257 g/mol. The van der Waals surface area contributed by atoms with Crippen molar-refractivity contribution in [1.29, 1.82) is 0 Å². The summed E-state index contributed by atoms with van der Waals surface area (Å²) in [7, 11) is 0. The predicted octanol–water partition coefficient (Wildman–Crippen LogP) is 0.237. The number of hydrogen-bond acceptors (Lipinski definition) is 5. The van der Waals surface area contributed by atoms with E-state index in [-0.39, 0.29) is 5.69 Å². The van der Waals surface area contributed by atoms with E-state index in [4.69, 9.17) is 10.8 Å². The fraction of sp³-hybridized carbons (Fsp3) is 0.500. The third-order valence-electron chi connectivity index (χ3n) is 2.15. The maximum atomic E-state index is 11.7. The fourth-order valence-corrected chi connectivity index (χ4v) is 2.02. The van der Waals surface area contributed by atoms with Gasteiger partial charge in [0.05, 0.1) is 5.01 Å². The predicted molar refractivity (Wildman–Crippen MR) is 64.1 cm³/mol. The zero-order chi connectivity index (χ0) is 12.8. The molecular formula is C10H15N3O3S. The van der Waals surface area contributed by atoms with Gasteiger partial charge in [0, 0.05) is 11.8 Å². The standard InChI is InChI=1S/C10H15N3O3S/c1-2-6(10(15)16)13-9(14)7-5-17-8(12-7)3-4-11/h5-6H,2-4,11H2,1H3,(H,13,14)(H,15,16)/t6-/m0/s1. The van der Waals surface area contributed by atoms with Crippen LogP contribution in [0.2, 0.25) is 0 Å². The van der Waals surface area contributed by atoms with Gasteiger partial charge in [0.25, 0.3) is 5.91 Å². The van der Waals surface area contributed by atoms with E-state index in [1.807, 2.05) is 0 Å². The van der Waals surface area contributed by atoms with Crippen molar-refractivity contribution < 1.29 is 14.7 Å². The number of hydrogen-bond donors (Lipinski definition) is 3. The molecule has 1 rings (SSSR count). The highest BCUT2D eigenvalue weighted by Gasteiger charge is 2.19.